The van der Waals surface area contributed by atoms with E-state index in [4.69, 9.17) is 27.6 Å². The maximum absolute atomic E-state index is 12.2. The van der Waals surface area contributed by atoms with Crippen LogP contribution < -0.4 is 5.32 Å². The van der Waals surface area contributed by atoms with Gasteiger partial charge in [-0.1, -0.05) is 41.4 Å². The van der Waals surface area contributed by atoms with Crippen molar-refractivity contribution in [2.75, 3.05) is 5.32 Å². The number of halogens is 2. The molecule has 0 aliphatic heterocycles. The van der Waals surface area contributed by atoms with E-state index in [1.54, 1.807) is 25.1 Å². The largest absolute Gasteiger partial charge is 0.451 e. The zero-order chi connectivity index (χ0) is 15.0. The van der Waals surface area contributed by atoms with Crippen LogP contribution in [0.1, 0.15) is 16.1 Å². The molecule has 4 nitrogen and oxygen atoms in total. The predicted octanol–water partition coefficient (Wildman–Crippen LogP) is 4.70. The van der Waals surface area contributed by atoms with Gasteiger partial charge >= 0.3 is 0 Å². The van der Waals surface area contributed by atoms with Crippen molar-refractivity contribution in [3.05, 3.63) is 58.0 Å². The summed E-state index contributed by atoms with van der Waals surface area (Å²) in [4.78, 5) is 16.2. The van der Waals surface area contributed by atoms with E-state index in [0.29, 0.717) is 11.3 Å². The molecule has 0 bridgehead atoms. The Morgan fingerprint density at radius 2 is 2.00 bits per heavy atom. The van der Waals surface area contributed by atoms with Crippen LogP contribution in [0.2, 0.25) is 10.3 Å². The average Bonchev–Trinajstić information content (AvgIpc) is 2.86. The Kier molecular flexibility index (Phi) is 3.57. The number of anilines is 1. The number of nitrogens with zero attached hydrogens (tertiary/aromatic N) is 1. The number of rotatable bonds is 2. The fourth-order valence-electron chi connectivity index (χ4n) is 2.01. The van der Waals surface area contributed by atoms with Crippen LogP contribution in [-0.4, -0.2) is 10.9 Å². The zero-order valence-corrected chi connectivity index (χ0v) is 12.5. The van der Waals surface area contributed by atoms with Crippen LogP contribution in [0.15, 0.2) is 40.8 Å². The highest BCUT2D eigenvalue weighted by atomic mass is 35.5. The number of benzene rings is 1. The fraction of sp³-hybridized carbons (Fsp3) is 0.0667. The van der Waals surface area contributed by atoms with Crippen molar-refractivity contribution >= 4 is 45.8 Å². The highest BCUT2D eigenvalue weighted by molar-refractivity contribution is 6.35. The van der Waals surface area contributed by atoms with Gasteiger partial charge in [0.2, 0.25) is 0 Å². The highest BCUT2D eigenvalue weighted by Crippen LogP contribution is 2.27. The molecule has 106 valence electrons. The van der Waals surface area contributed by atoms with Gasteiger partial charge in [0, 0.05) is 5.39 Å². The molecule has 1 aromatic carbocycles. The minimum absolute atomic E-state index is 0.143. The van der Waals surface area contributed by atoms with E-state index in [0.717, 1.165) is 10.9 Å². The molecule has 6 heteroatoms. The lowest BCUT2D eigenvalue weighted by molar-refractivity contribution is 0.0998. The molecule has 21 heavy (non-hydrogen) atoms. The average molecular weight is 321 g/mol. The summed E-state index contributed by atoms with van der Waals surface area (Å²) < 4.78 is 5.50. The summed E-state index contributed by atoms with van der Waals surface area (Å²) >= 11 is 11.8. The molecule has 3 aromatic rings. The summed E-state index contributed by atoms with van der Waals surface area (Å²) in [6, 6.07) is 10.7. The lowest BCUT2D eigenvalue weighted by Crippen LogP contribution is -2.12. The molecule has 1 amide bonds. The number of nitrogens with one attached hydrogen (secondary N) is 1. The summed E-state index contributed by atoms with van der Waals surface area (Å²) in [6.45, 7) is 1.79. The lowest BCUT2D eigenvalue weighted by Gasteiger charge is -2.08. The quantitative estimate of drug-likeness (QED) is 0.696. The molecule has 0 saturated heterocycles. The summed E-state index contributed by atoms with van der Waals surface area (Å²) in [5, 5.41) is 3.98. The van der Waals surface area contributed by atoms with E-state index in [9.17, 15) is 4.79 Å². The molecule has 0 radical (unpaired) electrons. The number of aromatic nitrogens is 1. The number of pyridine rings is 1. The van der Waals surface area contributed by atoms with Crippen molar-refractivity contribution in [1.29, 1.82) is 0 Å². The van der Waals surface area contributed by atoms with Crippen molar-refractivity contribution < 1.29 is 9.21 Å². The van der Waals surface area contributed by atoms with Crippen LogP contribution in [0, 0.1) is 6.92 Å². The van der Waals surface area contributed by atoms with Crippen molar-refractivity contribution in [3.63, 3.8) is 0 Å². The summed E-state index contributed by atoms with van der Waals surface area (Å²) in [7, 11) is 0. The van der Waals surface area contributed by atoms with Gasteiger partial charge in [-0.15, -0.1) is 0 Å². The van der Waals surface area contributed by atoms with E-state index in [1.807, 2.05) is 18.2 Å². The molecule has 2 aromatic heterocycles. The zero-order valence-electron chi connectivity index (χ0n) is 11.0. The first-order valence-corrected chi connectivity index (χ1v) is 6.93. The van der Waals surface area contributed by atoms with Gasteiger partial charge in [0.25, 0.3) is 5.91 Å². The third kappa shape index (κ3) is 2.73. The third-order valence-electron chi connectivity index (χ3n) is 3.03. The standard InChI is InChI=1S/C15H10Cl2N2O2/c1-8-6-12(16)18-14(17)13(8)19-15(20)11-7-9-4-2-3-5-10(9)21-11/h2-7H,1H3,(H,19,20). The number of hydrogen-bond acceptors (Lipinski definition) is 3. The van der Waals surface area contributed by atoms with Crippen LogP contribution >= 0.6 is 23.2 Å². The second kappa shape index (κ2) is 5.39. The van der Waals surface area contributed by atoms with Crippen molar-refractivity contribution in [1.82, 2.24) is 4.98 Å². The maximum atomic E-state index is 12.2. The maximum Gasteiger partial charge on any atom is 0.291 e. The number of aryl methyl sites for hydroxylation is 1. The Balaban J connectivity index is 1.93. The van der Waals surface area contributed by atoms with Gasteiger partial charge in [-0.05, 0) is 30.7 Å². The summed E-state index contributed by atoms with van der Waals surface area (Å²) in [5.74, 6) is -0.179. The number of para-hydroxylation sites is 1. The van der Waals surface area contributed by atoms with Crippen LogP contribution in [0.5, 0.6) is 0 Å². The van der Waals surface area contributed by atoms with E-state index < -0.39 is 0 Å². The van der Waals surface area contributed by atoms with E-state index in [2.05, 4.69) is 10.3 Å². The summed E-state index contributed by atoms with van der Waals surface area (Å²) in [5.41, 5.74) is 1.80. The Labute approximate surface area is 130 Å². The van der Waals surface area contributed by atoms with E-state index >= 15 is 0 Å². The minimum atomic E-state index is -0.389. The van der Waals surface area contributed by atoms with Crippen LogP contribution in [0.3, 0.4) is 0 Å². The van der Waals surface area contributed by atoms with Crippen molar-refractivity contribution in [3.8, 4) is 0 Å². The molecule has 0 aliphatic carbocycles. The third-order valence-corrected chi connectivity index (χ3v) is 3.50. The number of carbonyl (C=O) groups is 1. The molecule has 0 atom stereocenters. The van der Waals surface area contributed by atoms with Gasteiger partial charge in [-0.25, -0.2) is 4.98 Å². The molecular weight excluding hydrogens is 311 g/mol. The Morgan fingerprint density at radius 3 is 2.71 bits per heavy atom. The lowest BCUT2D eigenvalue weighted by atomic mass is 10.2. The van der Waals surface area contributed by atoms with Crippen molar-refractivity contribution in [2.24, 2.45) is 0 Å². The number of hydrogen-bond donors (Lipinski definition) is 1. The Bertz CT molecular complexity index is 787. The Morgan fingerprint density at radius 1 is 1.24 bits per heavy atom. The first-order chi connectivity index (χ1) is 10.0. The van der Waals surface area contributed by atoms with Gasteiger partial charge in [0.15, 0.2) is 10.9 Å². The number of fused-ring (bicyclic) bond motifs is 1. The van der Waals surface area contributed by atoms with Gasteiger partial charge in [-0.2, -0.15) is 0 Å². The molecule has 1 N–H and O–H groups in total. The molecule has 3 rings (SSSR count). The second-order valence-corrected chi connectivity index (χ2v) is 5.28. The minimum Gasteiger partial charge on any atom is -0.451 e. The molecule has 0 unspecified atom stereocenters. The number of carbonyl (C=O) groups excluding carboxylic acids is 1. The first-order valence-electron chi connectivity index (χ1n) is 6.17. The second-order valence-electron chi connectivity index (χ2n) is 4.53. The highest BCUT2D eigenvalue weighted by Gasteiger charge is 2.16. The smallest absolute Gasteiger partial charge is 0.291 e. The van der Waals surface area contributed by atoms with E-state index in [1.165, 1.54) is 0 Å². The molecule has 0 aliphatic rings. The number of amides is 1. The molecule has 2 heterocycles. The predicted molar refractivity (Wildman–Crippen MR) is 83.2 cm³/mol. The normalized spacial score (nSPS) is 10.8. The molecular formula is C15H10Cl2N2O2. The SMILES string of the molecule is Cc1cc(Cl)nc(Cl)c1NC(=O)c1cc2ccccc2o1. The van der Waals surface area contributed by atoms with Crippen LogP contribution in [-0.2, 0) is 0 Å². The van der Waals surface area contributed by atoms with Crippen LogP contribution in [0.4, 0.5) is 5.69 Å². The van der Waals surface area contributed by atoms with Gasteiger partial charge < -0.3 is 9.73 Å². The molecule has 0 saturated carbocycles. The number of furan rings is 1. The van der Waals surface area contributed by atoms with E-state index in [-0.39, 0.29) is 22.0 Å². The van der Waals surface area contributed by atoms with Gasteiger partial charge in [0.05, 0.1) is 5.69 Å². The topological polar surface area (TPSA) is 55.1 Å². The summed E-state index contributed by atoms with van der Waals surface area (Å²) in [6.07, 6.45) is 0. The van der Waals surface area contributed by atoms with Gasteiger partial charge in [0.1, 0.15) is 10.7 Å². The Hall–Kier alpha value is -2.04. The van der Waals surface area contributed by atoms with Crippen molar-refractivity contribution in [2.45, 2.75) is 6.92 Å². The van der Waals surface area contributed by atoms with Crippen LogP contribution in [0.25, 0.3) is 11.0 Å². The monoisotopic (exact) mass is 320 g/mol. The molecule has 0 fully saturated rings. The molecule has 0 spiro atoms. The fourth-order valence-corrected chi connectivity index (χ4v) is 2.59. The first kappa shape index (κ1) is 13.9. The van der Waals surface area contributed by atoms with Gasteiger partial charge in [-0.3, -0.25) is 4.79 Å².